The third-order valence-electron chi connectivity index (χ3n) is 2.93. The molecule has 3 heteroatoms. The van der Waals surface area contributed by atoms with Crippen LogP contribution in [0.25, 0.3) is 0 Å². The van der Waals surface area contributed by atoms with Crippen molar-refractivity contribution in [1.29, 1.82) is 0 Å². The molecule has 0 saturated heterocycles. The highest BCUT2D eigenvalue weighted by Crippen LogP contribution is 2.32. The zero-order valence-electron chi connectivity index (χ0n) is 11.2. The lowest BCUT2D eigenvalue weighted by atomic mass is 9.83. The SMILES string of the molecule is CCOc1cccc(CC(N)C(C)(C)C)c1O. The van der Waals surface area contributed by atoms with Gasteiger partial charge < -0.3 is 15.6 Å². The summed E-state index contributed by atoms with van der Waals surface area (Å²) in [7, 11) is 0. The Morgan fingerprint density at radius 2 is 2.00 bits per heavy atom. The molecular formula is C14H23NO2. The van der Waals surface area contributed by atoms with Crippen LogP contribution < -0.4 is 10.5 Å². The molecule has 0 saturated carbocycles. The Hall–Kier alpha value is -1.22. The highest BCUT2D eigenvalue weighted by molar-refractivity contribution is 5.45. The lowest BCUT2D eigenvalue weighted by Crippen LogP contribution is -2.36. The van der Waals surface area contributed by atoms with E-state index in [2.05, 4.69) is 20.8 Å². The van der Waals surface area contributed by atoms with E-state index in [0.29, 0.717) is 18.8 Å². The van der Waals surface area contributed by atoms with E-state index in [9.17, 15) is 5.11 Å². The van der Waals surface area contributed by atoms with Crippen molar-refractivity contribution in [3.05, 3.63) is 23.8 Å². The average Bonchev–Trinajstić information content (AvgIpc) is 2.22. The number of phenols is 1. The second kappa shape index (κ2) is 5.41. The van der Waals surface area contributed by atoms with Crippen LogP contribution in [0.5, 0.6) is 11.5 Å². The van der Waals surface area contributed by atoms with E-state index in [1.807, 2.05) is 19.1 Å². The van der Waals surface area contributed by atoms with Crippen LogP contribution in [0.3, 0.4) is 0 Å². The summed E-state index contributed by atoms with van der Waals surface area (Å²) < 4.78 is 5.35. The van der Waals surface area contributed by atoms with Crippen LogP contribution in [0, 0.1) is 5.41 Å². The number of ether oxygens (including phenoxy) is 1. The lowest BCUT2D eigenvalue weighted by Gasteiger charge is -2.27. The molecule has 0 aliphatic rings. The van der Waals surface area contributed by atoms with Gasteiger partial charge in [-0.15, -0.1) is 0 Å². The molecule has 0 fully saturated rings. The van der Waals surface area contributed by atoms with Gasteiger partial charge in [0.25, 0.3) is 0 Å². The molecule has 3 N–H and O–H groups in total. The zero-order valence-corrected chi connectivity index (χ0v) is 11.2. The first-order valence-corrected chi connectivity index (χ1v) is 6.05. The minimum Gasteiger partial charge on any atom is -0.504 e. The van der Waals surface area contributed by atoms with Crippen molar-refractivity contribution in [3.8, 4) is 11.5 Å². The topological polar surface area (TPSA) is 55.5 Å². The fourth-order valence-electron chi connectivity index (χ4n) is 1.55. The second-order valence-corrected chi connectivity index (χ2v) is 5.37. The maximum atomic E-state index is 10.1. The number of rotatable bonds is 4. The molecule has 0 amide bonds. The summed E-state index contributed by atoms with van der Waals surface area (Å²) in [5, 5.41) is 10.1. The molecule has 0 heterocycles. The Labute approximate surface area is 104 Å². The van der Waals surface area contributed by atoms with Gasteiger partial charge in [-0.25, -0.2) is 0 Å². The monoisotopic (exact) mass is 237 g/mol. The Balaban J connectivity index is 2.88. The Morgan fingerprint density at radius 3 is 2.53 bits per heavy atom. The van der Waals surface area contributed by atoms with Crippen molar-refractivity contribution in [3.63, 3.8) is 0 Å². The molecule has 17 heavy (non-hydrogen) atoms. The molecule has 0 spiro atoms. The van der Waals surface area contributed by atoms with Gasteiger partial charge in [0.2, 0.25) is 0 Å². The number of benzene rings is 1. The molecule has 1 aromatic carbocycles. The molecule has 3 nitrogen and oxygen atoms in total. The number of hydrogen-bond acceptors (Lipinski definition) is 3. The number of para-hydroxylation sites is 1. The summed E-state index contributed by atoms with van der Waals surface area (Å²) in [6.07, 6.45) is 0.649. The van der Waals surface area contributed by atoms with E-state index in [1.165, 1.54) is 0 Å². The fraction of sp³-hybridized carbons (Fsp3) is 0.571. The molecule has 1 aromatic rings. The van der Waals surface area contributed by atoms with Crippen molar-refractivity contribution >= 4 is 0 Å². The number of aromatic hydroxyl groups is 1. The first kappa shape index (κ1) is 13.8. The molecule has 0 bridgehead atoms. The summed E-state index contributed by atoms with van der Waals surface area (Å²) in [5.41, 5.74) is 6.99. The van der Waals surface area contributed by atoms with E-state index in [0.717, 1.165) is 5.56 Å². The van der Waals surface area contributed by atoms with Crippen LogP contribution in [0.4, 0.5) is 0 Å². The van der Waals surface area contributed by atoms with Gasteiger partial charge in [-0.05, 0) is 30.4 Å². The van der Waals surface area contributed by atoms with Crippen LogP contribution in [-0.4, -0.2) is 17.8 Å². The Kier molecular flexibility index (Phi) is 4.40. The predicted octanol–water partition coefficient (Wildman–Crippen LogP) is 2.71. The predicted molar refractivity (Wildman–Crippen MR) is 70.4 cm³/mol. The van der Waals surface area contributed by atoms with Gasteiger partial charge in [0.1, 0.15) is 0 Å². The molecule has 0 aromatic heterocycles. The zero-order chi connectivity index (χ0) is 13.1. The Bertz CT molecular complexity index is 369. The maximum Gasteiger partial charge on any atom is 0.161 e. The van der Waals surface area contributed by atoms with Gasteiger partial charge in [-0.2, -0.15) is 0 Å². The minimum atomic E-state index is 0.00489. The van der Waals surface area contributed by atoms with Crippen LogP contribution in [0.15, 0.2) is 18.2 Å². The molecule has 0 aliphatic heterocycles. The molecule has 1 atom stereocenters. The van der Waals surface area contributed by atoms with Gasteiger partial charge in [-0.3, -0.25) is 0 Å². The normalized spacial score (nSPS) is 13.5. The van der Waals surface area contributed by atoms with Crippen molar-refractivity contribution in [2.45, 2.75) is 40.2 Å². The summed E-state index contributed by atoms with van der Waals surface area (Å²) in [4.78, 5) is 0. The quantitative estimate of drug-likeness (QED) is 0.846. The van der Waals surface area contributed by atoms with E-state index in [1.54, 1.807) is 6.07 Å². The van der Waals surface area contributed by atoms with Crippen LogP contribution >= 0.6 is 0 Å². The number of phenolic OH excluding ortho intramolecular Hbond substituents is 1. The second-order valence-electron chi connectivity index (χ2n) is 5.37. The van der Waals surface area contributed by atoms with E-state index < -0.39 is 0 Å². The first-order valence-electron chi connectivity index (χ1n) is 6.05. The van der Waals surface area contributed by atoms with Crippen molar-refractivity contribution in [2.75, 3.05) is 6.61 Å². The van der Waals surface area contributed by atoms with E-state index in [4.69, 9.17) is 10.5 Å². The number of hydrogen-bond donors (Lipinski definition) is 2. The van der Waals surface area contributed by atoms with E-state index >= 15 is 0 Å². The van der Waals surface area contributed by atoms with Crippen molar-refractivity contribution < 1.29 is 9.84 Å². The minimum absolute atomic E-state index is 0.00489. The third kappa shape index (κ3) is 3.63. The highest BCUT2D eigenvalue weighted by atomic mass is 16.5. The lowest BCUT2D eigenvalue weighted by molar-refractivity contribution is 0.304. The van der Waals surface area contributed by atoms with Gasteiger partial charge in [0.05, 0.1) is 6.61 Å². The summed E-state index contributed by atoms with van der Waals surface area (Å²) in [6.45, 7) is 8.73. The largest absolute Gasteiger partial charge is 0.504 e. The van der Waals surface area contributed by atoms with Crippen LogP contribution in [-0.2, 0) is 6.42 Å². The Morgan fingerprint density at radius 1 is 1.35 bits per heavy atom. The molecular weight excluding hydrogens is 214 g/mol. The number of nitrogens with two attached hydrogens (primary N) is 1. The summed E-state index contributed by atoms with van der Waals surface area (Å²) in [5.74, 6) is 0.750. The maximum absolute atomic E-state index is 10.1. The average molecular weight is 237 g/mol. The standard InChI is InChI=1S/C14H23NO2/c1-5-17-11-8-6-7-10(13(11)16)9-12(15)14(2,3)4/h6-8,12,16H,5,9,15H2,1-4H3. The van der Waals surface area contributed by atoms with Gasteiger partial charge in [-0.1, -0.05) is 32.9 Å². The molecule has 0 aliphatic carbocycles. The molecule has 1 unspecified atom stereocenters. The van der Waals surface area contributed by atoms with Crippen LogP contribution in [0.2, 0.25) is 0 Å². The van der Waals surface area contributed by atoms with Gasteiger partial charge in [0.15, 0.2) is 11.5 Å². The van der Waals surface area contributed by atoms with E-state index in [-0.39, 0.29) is 17.2 Å². The fourth-order valence-corrected chi connectivity index (χ4v) is 1.55. The summed E-state index contributed by atoms with van der Waals surface area (Å²) in [6, 6.07) is 5.55. The van der Waals surface area contributed by atoms with Gasteiger partial charge in [0, 0.05) is 6.04 Å². The van der Waals surface area contributed by atoms with Crippen molar-refractivity contribution in [2.24, 2.45) is 11.1 Å². The van der Waals surface area contributed by atoms with Crippen molar-refractivity contribution in [1.82, 2.24) is 0 Å². The third-order valence-corrected chi connectivity index (χ3v) is 2.93. The summed E-state index contributed by atoms with van der Waals surface area (Å²) >= 11 is 0. The molecule has 1 rings (SSSR count). The first-order chi connectivity index (χ1) is 7.86. The van der Waals surface area contributed by atoms with Crippen LogP contribution in [0.1, 0.15) is 33.3 Å². The molecule has 96 valence electrons. The highest BCUT2D eigenvalue weighted by Gasteiger charge is 2.22. The molecule has 0 radical (unpaired) electrons. The smallest absolute Gasteiger partial charge is 0.161 e. The van der Waals surface area contributed by atoms with Gasteiger partial charge >= 0.3 is 0 Å².